The van der Waals surface area contributed by atoms with Gasteiger partial charge in [0.05, 0.1) is 0 Å². The Bertz CT molecular complexity index is 1010. The number of rotatable bonds is 3. The lowest BCUT2D eigenvalue weighted by atomic mass is 10.0. The summed E-state index contributed by atoms with van der Waals surface area (Å²) in [5.74, 6) is 5.86. The average molecular weight is 361 g/mol. The van der Waals surface area contributed by atoms with Gasteiger partial charge in [-0.05, 0) is 56.9 Å². The molecule has 3 heteroatoms. The second-order valence-corrected chi connectivity index (χ2v) is 8.47. The first-order valence-electron chi connectivity index (χ1n) is 8.99. The quantitative estimate of drug-likeness (QED) is 0.321. The van der Waals surface area contributed by atoms with Crippen molar-refractivity contribution >= 4 is 26.5 Å². The van der Waals surface area contributed by atoms with Gasteiger partial charge in [-0.3, -0.25) is 0 Å². The Balaban J connectivity index is 1.74. The van der Waals surface area contributed by atoms with Gasteiger partial charge in [0.25, 0.3) is 0 Å². The molecule has 0 saturated heterocycles. The minimum Gasteiger partial charge on any atom is -0.442 e. The normalized spacial score (nSPS) is 16.1. The molecule has 1 unspecified atom stereocenters. The van der Waals surface area contributed by atoms with E-state index >= 15 is 0 Å². The third kappa shape index (κ3) is 3.02. The standard InChI is InChI=1S/C23H21O2S/c1-2-14-23(15-7-8-16-23)25-22(24)19-10-4-6-12-21(19)26-17-13-18-9-3-5-11-20(18)26/h3-6,9-13,17H,7-8,15-16H2,1H3/q+1. The van der Waals surface area contributed by atoms with Crippen LogP contribution in [0, 0.1) is 11.8 Å². The van der Waals surface area contributed by atoms with E-state index < -0.39 is 5.60 Å². The third-order valence-corrected chi connectivity index (χ3v) is 7.02. The Kier molecular flexibility index (Phi) is 4.53. The number of fused-ring (bicyclic) bond motifs is 1. The van der Waals surface area contributed by atoms with Crippen molar-refractivity contribution in [3.8, 4) is 16.7 Å². The van der Waals surface area contributed by atoms with Crippen LogP contribution in [-0.2, 0) is 4.74 Å². The van der Waals surface area contributed by atoms with E-state index in [-0.39, 0.29) is 16.4 Å². The van der Waals surface area contributed by atoms with Crippen LogP contribution in [-0.4, -0.2) is 11.6 Å². The Hall–Kier alpha value is -2.57. The fourth-order valence-electron chi connectivity index (χ4n) is 3.71. The first kappa shape index (κ1) is 16.9. The second-order valence-electron chi connectivity index (χ2n) is 6.64. The minimum absolute atomic E-state index is 0.236. The highest BCUT2D eigenvalue weighted by atomic mass is 32.2. The molecule has 0 amide bonds. The lowest BCUT2D eigenvalue weighted by molar-refractivity contribution is 0.0105. The first-order chi connectivity index (χ1) is 12.7. The zero-order valence-corrected chi connectivity index (χ0v) is 15.6. The highest BCUT2D eigenvalue weighted by Gasteiger charge is 2.37. The van der Waals surface area contributed by atoms with Crippen LogP contribution in [0.25, 0.3) is 15.0 Å². The number of hydrogen-bond acceptors (Lipinski definition) is 2. The zero-order valence-electron chi connectivity index (χ0n) is 14.8. The van der Waals surface area contributed by atoms with Gasteiger partial charge in [0.15, 0.2) is 15.2 Å². The average Bonchev–Trinajstić information content (AvgIpc) is 3.29. The number of esters is 1. The van der Waals surface area contributed by atoms with E-state index in [2.05, 4.69) is 41.5 Å². The Morgan fingerprint density at radius 3 is 2.58 bits per heavy atom. The molecule has 26 heavy (non-hydrogen) atoms. The van der Waals surface area contributed by atoms with Crippen LogP contribution in [0.5, 0.6) is 0 Å². The molecule has 1 fully saturated rings. The van der Waals surface area contributed by atoms with Gasteiger partial charge < -0.3 is 4.74 Å². The molecule has 1 saturated carbocycles. The molecule has 1 aliphatic rings. The predicted octanol–water partition coefficient (Wildman–Crippen LogP) is 6.07. The molecule has 1 heterocycles. The predicted molar refractivity (Wildman–Crippen MR) is 108 cm³/mol. The molecule has 0 spiro atoms. The molecule has 3 aromatic rings. The molecule has 2 nitrogen and oxygen atoms in total. The Morgan fingerprint density at radius 2 is 1.77 bits per heavy atom. The van der Waals surface area contributed by atoms with Crippen LogP contribution in [0.2, 0.25) is 0 Å². The third-order valence-electron chi connectivity index (χ3n) is 4.94. The maximum absolute atomic E-state index is 13.1. The molecule has 1 atom stereocenters. The van der Waals surface area contributed by atoms with Gasteiger partial charge in [-0.25, -0.2) is 4.79 Å². The monoisotopic (exact) mass is 361 g/mol. The molecule has 1 aliphatic carbocycles. The highest BCUT2D eigenvalue weighted by molar-refractivity contribution is 7.44. The molecular formula is C23H21O2S+. The molecule has 2 aromatic carbocycles. The summed E-state index contributed by atoms with van der Waals surface area (Å²) in [5, 5.41) is 3.41. The summed E-state index contributed by atoms with van der Waals surface area (Å²) in [4.78, 5) is 14.1. The van der Waals surface area contributed by atoms with E-state index in [1.807, 2.05) is 37.3 Å². The summed E-state index contributed by atoms with van der Waals surface area (Å²) in [6.07, 6.45) is 3.78. The van der Waals surface area contributed by atoms with E-state index in [9.17, 15) is 4.79 Å². The van der Waals surface area contributed by atoms with E-state index in [1.165, 1.54) is 10.1 Å². The van der Waals surface area contributed by atoms with Crippen LogP contribution in [0.15, 0.2) is 60.0 Å². The first-order valence-corrected chi connectivity index (χ1v) is 10.3. The van der Waals surface area contributed by atoms with Crippen molar-refractivity contribution in [2.24, 2.45) is 0 Å². The summed E-state index contributed by atoms with van der Waals surface area (Å²) in [5.41, 5.74) is 0.0484. The van der Waals surface area contributed by atoms with Gasteiger partial charge in [-0.2, -0.15) is 0 Å². The van der Waals surface area contributed by atoms with Gasteiger partial charge >= 0.3 is 5.97 Å². The van der Waals surface area contributed by atoms with Crippen molar-refractivity contribution in [2.75, 3.05) is 0 Å². The number of thiophene rings is 1. The number of carbonyl (C=O) groups excluding carboxylic acids is 1. The molecule has 4 rings (SSSR count). The molecule has 0 aliphatic heterocycles. The Morgan fingerprint density at radius 1 is 1.04 bits per heavy atom. The topological polar surface area (TPSA) is 26.3 Å². The van der Waals surface area contributed by atoms with Crippen LogP contribution in [0.3, 0.4) is 0 Å². The van der Waals surface area contributed by atoms with E-state index in [1.54, 1.807) is 0 Å². The van der Waals surface area contributed by atoms with Crippen LogP contribution in [0.4, 0.5) is 0 Å². The molecular weight excluding hydrogens is 340 g/mol. The molecule has 0 radical (unpaired) electrons. The van der Waals surface area contributed by atoms with Crippen molar-refractivity contribution in [1.29, 1.82) is 0 Å². The van der Waals surface area contributed by atoms with E-state index in [4.69, 9.17) is 4.74 Å². The van der Waals surface area contributed by atoms with Crippen molar-refractivity contribution in [1.82, 2.24) is 0 Å². The fourth-order valence-corrected chi connectivity index (χ4v) is 5.75. The molecule has 0 N–H and O–H groups in total. The van der Waals surface area contributed by atoms with Gasteiger partial charge in [0.2, 0.25) is 0 Å². The molecule has 130 valence electrons. The van der Waals surface area contributed by atoms with Crippen molar-refractivity contribution in [2.45, 2.75) is 38.2 Å². The number of ether oxygens (including phenoxy) is 1. The number of benzene rings is 2. The summed E-state index contributed by atoms with van der Waals surface area (Å²) >= 11 is 0. The smallest absolute Gasteiger partial charge is 0.345 e. The SMILES string of the molecule is CC#CC1(OC(=O)c2ccccc2-[s+]2ccc3ccccc32)CCCC1. The van der Waals surface area contributed by atoms with E-state index in [0.717, 1.165) is 30.6 Å². The van der Waals surface area contributed by atoms with Crippen LogP contribution < -0.4 is 0 Å². The van der Waals surface area contributed by atoms with E-state index in [0.29, 0.717) is 5.56 Å². The van der Waals surface area contributed by atoms with Gasteiger partial charge in [-0.15, -0.1) is 5.92 Å². The largest absolute Gasteiger partial charge is 0.442 e. The summed E-state index contributed by atoms with van der Waals surface area (Å²) in [7, 11) is -0.236. The molecule has 1 aromatic heterocycles. The summed E-state index contributed by atoms with van der Waals surface area (Å²) in [6, 6.07) is 18.3. The lowest BCUT2D eigenvalue weighted by Crippen LogP contribution is -2.30. The van der Waals surface area contributed by atoms with Crippen molar-refractivity contribution in [3.63, 3.8) is 0 Å². The Labute approximate surface area is 156 Å². The summed E-state index contributed by atoms with van der Waals surface area (Å²) < 4.78 is 7.24. The van der Waals surface area contributed by atoms with Gasteiger partial charge in [0, 0.05) is 21.9 Å². The van der Waals surface area contributed by atoms with Gasteiger partial charge in [0.1, 0.15) is 10.9 Å². The zero-order chi connectivity index (χ0) is 18.0. The minimum atomic E-state index is -0.606. The number of carbonyl (C=O) groups is 1. The van der Waals surface area contributed by atoms with Gasteiger partial charge in [-0.1, -0.05) is 30.2 Å². The van der Waals surface area contributed by atoms with Crippen LogP contribution in [0.1, 0.15) is 43.0 Å². The second kappa shape index (κ2) is 6.97. The molecule has 0 bridgehead atoms. The maximum Gasteiger partial charge on any atom is 0.345 e. The number of hydrogen-bond donors (Lipinski definition) is 0. The van der Waals surface area contributed by atoms with Crippen LogP contribution >= 0.6 is 10.5 Å². The van der Waals surface area contributed by atoms with Crippen molar-refractivity contribution < 1.29 is 9.53 Å². The highest BCUT2D eigenvalue weighted by Crippen LogP contribution is 2.42. The lowest BCUT2D eigenvalue weighted by Gasteiger charge is -2.23. The maximum atomic E-state index is 13.1. The van der Waals surface area contributed by atoms with Crippen molar-refractivity contribution in [3.05, 3.63) is 65.5 Å². The fraction of sp³-hybridized carbons (Fsp3) is 0.261. The summed E-state index contributed by atoms with van der Waals surface area (Å²) in [6.45, 7) is 1.81.